The van der Waals surface area contributed by atoms with Crippen LogP contribution in [0.5, 0.6) is 5.75 Å². The molecule has 1 aromatic carbocycles. The Morgan fingerprint density at radius 1 is 1.12 bits per heavy atom. The Morgan fingerprint density at radius 2 is 1.98 bits per heavy atom. The highest BCUT2D eigenvalue weighted by Crippen LogP contribution is 2.34. The van der Waals surface area contributed by atoms with Gasteiger partial charge in [-0.05, 0) is 46.8 Å². The molecule has 3 aromatic heterocycles. The number of benzene rings is 1. The van der Waals surface area contributed by atoms with Crippen LogP contribution >= 0.6 is 0 Å². The Hall–Kier alpha value is -3.60. The summed E-state index contributed by atoms with van der Waals surface area (Å²) in [4.78, 5) is 19.4. The number of fused-ring (bicyclic) bond motifs is 1. The van der Waals surface area contributed by atoms with Gasteiger partial charge in [-0.15, -0.1) is 0 Å². The van der Waals surface area contributed by atoms with Crippen molar-refractivity contribution in [3.05, 3.63) is 60.9 Å². The van der Waals surface area contributed by atoms with Gasteiger partial charge in [0.25, 0.3) is 0 Å². The molecule has 4 heterocycles. The molecule has 1 fully saturated rings. The van der Waals surface area contributed by atoms with Crippen LogP contribution in [0.25, 0.3) is 10.8 Å². The van der Waals surface area contributed by atoms with Crippen LogP contribution in [0.2, 0.25) is 0 Å². The maximum absolute atomic E-state index is 14.8. The molecule has 1 aliphatic rings. The molecule has 200 valence electrons. The van der Waals surface area contributed by atoms with E-state index in [9.17, 15) is 4.39 Å². The number of halogens is 1. The molecule has 0 spiro atoms. The summed E-state index contributed by atoms with van der Waals surface area (Å²) in [5, 5.41) is 3.36. The fourth-order valence-corrected chi connectivity index (χ4v) is 4.77. The third kappa shape index (κ3) is 6.75. The standard InChI is InChI=1S/C27H29B3FN7O2/c1-17(2)18-3-4-22(39-12-11-37-10-8-32-16-37)20-14-34-25(13-19(18)20)35-24-5-7-33-26(36-24)38-9-6-23(21(31)15-38)40-27(28,29)30/h3-5,7-8,10,13-14,16-17,21,23H,6,9,11-12,15H2,1-2H3,(H,33,34,35,36). The Kier molecular flexibility index (Phi) is 8.30. The predicted molar refractivity (Wildman–Crippen MR) is 155 cm³/mol. The number of pyridine rings is 1. The van der Waals surface area contributed by atoms with Crippen LogP contribution < -0.4 is 15.0 Å². The molecule has 5 rings (SSSR count). The van der Waals surface area contributed by atoms with Gasteiger partial charge in [0.15, 0.2) is 0 Å². The topological polar surface area (TPSA) is 90.2 Å². The maximum Gasteiger partial charge on any atom is 0.227 e. The predicted octanol–water partition coefficient (Wildman–Crippen LogP) is 3.22. The van der Waals surface area contributed by atoms with Crippen LogP contribution in [0.4, 0.5) is 22.0 Å². The van der Waals surface area contributed by atoms with E-state index in [1.807, 2.05) is 29.1 Å². The minimum atomic E-state index is -1.88. The van der Waals surface area contributed by atoms with E-state index < -0.39 is 17.6 Å². The summed E-state index contributed by atoms with van der Waals surface area (Å²) in [6, 6.07) is 7.83. The van der Waals surface area contributed by atoms with Gasteiger partial charge in [0, 0.05) is 36.7 Å². The van der Waals surface area contributed by atoms with Crippen molar-refractivity contribution in [2.45, 2.75) is 50.3 Å². The third-order valence-corrected chi connectivity index (χ3v) is 6.70. The molecular weight excluding hydrogens is 506 g/mol. The highest BCUT2D eigenvalue weighted by Gasteiger charge is 2.33. The molecule has 0 aliphatic carbocycles. The van der Waals surface area contributed by atoms with Gasteiger partial charge in [-0.25, -0.2) is 19.3 Å². The van der Waals surface area contributed by atoms with Crippen molar-refractivity contribution in [3.63, 3.8) is 0 Å². The number of nitrogens with zero attached hydrogens (tertiary/aromatic N) is 6. The summed E-state index contributed by atoms with van der Waals surface area (Å²) in [6.07, 6.45) is 7.04. The van der Waals surface area contributed by atoms with Crippen molar-refractivity contribution in [1.82, 2.24) is 24.5 Å². The van der Waals surface area contributed by atoms with Crippen molar-refractivity contribution >= 4 is 51.9 Å². The van der Waals surface area contributed by atoms with E-state index in [0.717, 1.165) is 16.5 Å². The van der Waals surface area contributed by atoms with Crippen molar-refractivity contribution < 1.29 is 13.9 Å². The van der Waals surface area contributed by atoms with E-state index in [1.54, 1.807) is 29.7 Å². The van der Waals surface area contributed by atoms with Crippen LogP contribution in [-0.4, -0.2) is 85.3 Å². The summed E-state index contributed by atoms with van der Waals surface area (Å²) >= 11 is 0. The van der Waals surface area contributed by atoms with E-state index in [-0.39, 0.29) is 6.54 Å². The number of ether oxygens (including phenoxy) is 2. The van der Waals surface area contributed by atoms with E-state index >= 15 is 0 Å². The lowest BCUT2D eigenvalue weighted by Gasteiger charge is -2.38. The molecule has 40 heavy (non-hydrogen) atoms. The molecule has 13 heteroatoms. The van der Waals surface area contributed by atoms with Crippen LogP contribution in [0.1, 0.15) is 31.7 Å². The maximum atomic E-state index is 14.8. The van der Waals surface area contributed by atoms with Gasteiger partial charge in [-0.2, -0.15) is 4.98 Å². The molecule has 2 atom stereocenters. The number of rotatable bonds is 10. The second-order valence-electron chi connectivity index (χ2n) is 10.2. The smallest absolute Gasteiger partial charge is 0.227 e. The first kappa shape index (κ1) is 28.0. The monoisotopic (exact) mass is 535 g/mol. The largest absolute Gasteiger partial charge is 0.491 e. The molecule has 0 bridgehead atoms. The number of anilines is 3. The lowest BCUT2D eigenvalue weighted by molar-refractivity contribution is -0.0185. The molecule has 6 radical (unpaired) electrons. The van der Waals surface area contributed by atoms with Gasteiger partial charge in [0.2, 0.25) is 5.95 Å². The van der Waals surface area contributed by atoms with Crippen molar-refractivity contribution in [2.75, 3.05) is 29.9 Å². The minimum absolute atomic E-state index is 0.0276. The highest BCUT2D eigenvalue weighted by atomic mass is 19.1. The molecule has 1 saturated heterocycles. The van der Waals surface area contributed by atoms with Crippen molar-refractivity contribution in [3.8, 4) is 5.75 Å². The first-order valence-corrected chi connectivity index (χ1v) is 13.2. The Morgan fingerprint density at radius 3 is 2.70 bits per heavy atom. The summed E-state index contributed by atoms with van der Waals surface area (Å²) in [5.74, 6) is 2.62. The lowest BCUT2D eigenvalue weighted by Crippen LogP contribution is -2.50. The van der Waals surface area contributed by atoms with E-state index in [1.165, 1.54) is 5.56 Å². The van der Waals surface area contributed by atoms with Crippen molar-refractivity contribution in [2.24, 2.45) is 0 Å². The SMILES string of the molecule is [B]C([B])([B])OC1CCN(c2nccc(Nc3cc4c(C(C)C)ccc(OCCn5ccnc5)c4cn3)n2)CC1F. The summed E-state index contributed by atoms with van der Waals surface area (Å²) < 4.78 is 28.1. The lowest BCUT2D eigenvalue weighted by atomic mass is 9.52. The molecule has 2 unspecified atom stereocenters. The number of imidazole rings is 1. The first-order chi connectivity index (χ1) is 19.2. The average molecular weight is 535 g/mol. The molecule has 1 N–H and O–H groups in total. The zero-order valence-electron chi connectivity index (χ0n) is 22.6. The number of hydrogen-bond acceptors (Lipinski definition) is 8. The fourth-order valence-electron chi connectivity index (χ4n) is 4.77. The van der Waals surface area contributed by atoms with Gasteiger partial charge in [-0.1, -0.05) is 19.9 Å². The van der Waals surface area contributed by atoms with Gasteiger partial charge in [-0.3, -0.25) is 0 Å². The van der Waals surface area contributed by atoms with Gasteiger partial charge >= 0.3 is 0 Å². The Balaban J connectivity index is 1.32. The second kappa shape index (κ2) is 11.9. The zero-order chi connectivity index (χ0) is 28.3. The molecular formula is C27H29B3FN7O2. The Labute approximate surface area is 237 Å². The molecule has 9 nitrogen and oxygen atoms in total. The number of alkyl halides is 1. The van der Waals surface area contributed by atoms with Crippen LogP contribution in [0.15, 0.2) is 55.4 Å². The number of hydrogen-bond donors (Lipinski definition) is 1. The van der Waals surface area contributed by atoms with Gasteiger partial charge in [0.05, 0.1) is 49.1 Å². The third-order valence-electron chi connectivity index (χ3n) is 6.70. The van der Waals surface area contributed by atoms with Crippen molar-refractivity contribution in [1.29, 1.82) is 0 Å². The average Bonchev–Trinajstić information content (AvgIpc) is 3.43. The number of nitrogens with one attached hydrogen (secondary N) is 1. The fraction of sp³-hybridized carbons (Fsp3) is 0.407. The number of piperidine rings is 1. The van der Waals surface area contributed by atoms with Gasteiger partial charge < -0.3 is 24.3 Å². The van der Waals surface area contributed by atoms with Crippen LogP contribution in [0.3, 0.4) is 0 Å². The highest BCUT2D eigenvalue weighted by molar-refractivity contribution is 6.58. The van der Waals surface area contributed by atoms with Gasteiger partial charge in [0.1, 0.15) is 30.2 Å². The Bertz CT molecular complexity index is 1440. The summed E-state index contributed by atoms with van der Waals surface area (Å²) in [6.45, 7) is 5.99. The molecule has 4 aromatic rings. The molecule has 0 amide bonds. The molecule has 1 aliphatic heterocycles. The van der Waals surface area contributed by atoms with Crippen LogP contribution in [-0.2, 0) is 11.3 Å². The van der Waals surface area contributed by atoms with E-state index in [2.05, 4.69) is 45.2 Å². The van der Waals surface area contributed by atoms with E-state index in [4.69, 9.17) is 33.0 Å². The van der Waals surface area contributed by atoms with Crippen LogP contribution in [0, 0.1) is 0 Å². The number of aromatic nitrogens is 5. The summed E-state index contributed by atoms with van der Waals surface area (Å²) in [7, 11) is 16.4. The zero-order valence-corrected chi connectivity index (χ0v) is 22.6. The normalized spacial score (nSPS) is 17.9. The molecule has 0 saturated carbocycles. The van der Waals surface area contributed by atoms with E-state index in [0.29, 0.717) is 49.6 Å². The second-order valence-corrected chi connectivity index (χ2v) is 10.2. The minimum Gasteiger partial charge on any atom is -0.491 e. The summed E-state index contributed by atoms with van der Waals surface area (Å²) in [5.41, 5.74) is 1.18. The quantitative estimate of drug-likeness (QED) is 0.310. The first-order valence-electron chi connectivity index (χ1n) is 13.2.